The molecule has 2 N–H and O–H groups in total. The Morgan fingerprint density at radius 2 is 2.00 bits per heavy atom. The first-order valence-electron chi connectivity index (χ1n) is 7.96. The van der Waals surface area contributed by atoms with Gasteiger partial charge in [-0.05, 0) is 42.9 Å². The van der Waals surface area contributed by atoms with Gasteiger partial charge in [0, 0.05) is 6.54 Å². The van der Waals surface area contributed by atoms with E-state index in [2.05, 4.69) is 56.5 Å². The quantitative estimate of drug-likeness (QED) is 0.891. The first-order chi connectivity index (χ1) is 9.89. The fourth-order valence-electron chi connectivity index (χ4n) is 3.01. The van der Waals surface area contributed by atoms with Crippen molar-refractivity contribution >= 4 is 18.3 Å². The molecule has 2 rings (SSSR count). The predicted molar refractivity (Wildman–Crippen MR) is 94.4 cm³/mol. The van der Waals surface area contributed by atoms with Crippen LogP contribution in [0.15, 0.2) is 24.3 Å². The average Bonchev–Trinajstić information content (AvgIpc) is 2.45. The molecule has 2 atom stereocenters. The number of nitrogens with one attached hydrogen (secondary N) is 2. The van der Waals surface area contributed by atoms with E-state index in [9.17, 15) is 4.79 Å². The van der Waals surface area contributed by atoms with Crippen LogP contribution in [0, 0.1) is 18.3 Å². The second kappa shape index (κ2) is 7.98. The van der Waals surface area contributed by atoms with Crippen molar-refractivity contribution in [2.75, 3.05) is 13.1 Å². The van der Waals surface area contributed by atoms with Gasteiger partial charge in [0.15, 0.2) is 0 Å². The van der Waals surface area contributed by atoms with E-state index in [1.165, 1.54) is 11.1 Å². The molecule has 0 bridgehead atoms. The Morgan fingerprint density at radius 3 is 2.55 bits per heavy atom. The summed E-state index contributed by atoms with van der Waals surface area (Å²) in [5.74, 6) is 0.290. The summed E-state index contributed by atoms with van der Waals surface area (Å²) in [5, 5.41) is 6.62. The predicted octanol–water partition coefficient (Wildman–Crippen LogP) is 3.62. The van der Waals surface area contributed by atoms with Crippen LogP contribution in [-0.4, -0.2) is 19.0 Å². The van der Waals surface area contributed by atoms with Gasteiger partial charge in [-0.15, -0.1) is 12.4 Å². The lowest BCUT2D eigenvalue weighted by atomic mass is 9.80. The van der Waals surface area contributed by atoms with Crippen molar-refractivity contribution in [3.8, 4) is 0 Å². The van der Waals surface area contributed by atoms with Crippen molar-refractivity contribution in [3.63, 3.8) is 0 Å². The van der Waals surface area contributed by atoms with E-state index < -0.39 is 0 Å². The highest BCUT2D eigenvalue weighted by atomic mass is 35.5. The van der Waals surface area contributed by atoms with Crippen molar-refractivity contribution in [1.82, 2.24) is 10.6 Å². The molecule has 1 aromatic carbocycles. The van der Waals surface area contributed by atoms with E-state index in [1.54, 1.807) is 0 Å². The number of hydrogen-bond donors (Lipinski definition) is 2. The molecule has 0 spiro atoms. The highest BCUT2D eigenvalue weighted by Crippen LogP contribution is 2.34. The molecule has 4 heteroatoms. The highest BCUT2D eigenvalue weighted by molar-refractivity contribution is 5.85. The van der Waals surface area contributed by atoms with Gasteiger partial charge in [0.05, 0.1) is 12.0 Å². The molecule has 1 fully saturated rings. The third-order valence-electron chi connectivity index (χ3n) is 4.32. The molecule has 124 valence electrons. The molecule has 3 nitrogen and oxygen atoms in total. The largest absolute Gasteiger partial charge is 0.348 e. The zero-order valence-electron chi connectivity index (χ0n) is 14.1. The van der Waals surface area contributed by atoms with E-state index in [0.717, 1.165) is 25.9 Å². The Kier molecular flexibility index (Phi) is 6.89. The second-order valence-corrected chi connectivity index (χ2v) is 7.21. The minimum atomic E-state index is -0.0101. The Bertz CT molecular complexity index is 490. The maximum Gasteiger partial charge on any atom is 0.224 e. The maximum absolute atomic E-state index is 12.6. The lowest BCUT2D eigenvalue weighted by Crippen LogP contribution is -2.44. The summed E-state index contributed by atoms with van der Waals surface area (Å²) >= 11 is 0. The fourth-order valence-corrected chi connectivity index (χ4v) is 3.01. The number of carbonyl (C=O) groups is 1. The van der Waals surface area contributed by atoms with E-state index >= 15 is 0 Å². The van der Waals surface area contributed by atoms with Gasteiger partial charge in [0.25, 0.3) is 0 Å². The Balaban J connectivity index is 0.00000242. The summed E-state index contributed by atoms with van der Waals surface area (Å²) < 4.78 is 0. The SMILES string of the molecule is Cc1ccccc1C(NC(=O)C1CCCNC1)C(C)(C)C.Cl. The lowest BCUT2D eigenvalue weighted by molar-refractivity contribution is -0.127. The number of piperidine rings is 1. The van der Waals surface area contributed by atoms with Crippen LogP contribution in [0.1, 0.15) is 50.8 Å². The fraction of sp³-hybridized carbons (Fsp3) is 0.611. The van der Waals surface area contributed by atoms with Crippen molar-refractivity contribution in [2.45, 2.75) is 46.6 Å². The molecule has 0 radical (unpaired) electrons. The number of benzene rings is 1. The third kappa shape index (κ3) is 4.72. The second-order valence-electron chi connectivity index (χ2n) is 7.21. The molecule has 0 aromatic heterocycles. The normalized spacial score (nSPS) is 19.9. The smallest absolute Gasteiger partial charge is 0.224 e. The van der Waals surface area contributed by atoms with Crippen LogP contribution in [-0.2, 0) is 4.79 Å². The molecule has 0 saturated carbocycles. The van der Waals surface area contributed by atoms with E-state index in [4.69, 9.17) is 0 Å². The molecule has 1 heterocycles. The molecule has 22 heavy (non-hydrogen) atoms. The van der Waals surface area contributed by atoms with E-state index in [1.807, 2.05) is 6.07 Å². The van der Waals surface area contributed by atoms with Crippen LogP contribution in [0.25, 0.3) is 0 Å². The first-order valence-corrected chi connectivity index (χ1v) is 7.96. The van der Waals surface area contributed by atoms with E-state index in [0.29, 0.717) is 0 Å². The first kappa shape index (κ1) is 19.0. The van der Waals surface area contributed by atoms with Crippen molar-refractivity contribution in [1.29, 1.82) is 0 Å². The van der Waals surface area contributed by atoms with Gasteiger partial charge >= 0.3 is 0 Å². The summed E-state index contributed by atoms with van der Waals surface area (Å²) in [6.07, 6.45) is 2.08. The van der Waals surface area contributed by atoms with Crippen molar-refractivity contribution in [3.05, 3.63) is 35.4 Å². The number of carbonyl (C=O) groups excluding carboxylic acids is 1. The Hall–Kier alpha value is -1.06. The minimum absolute atomic E-state index is 0. The third-order valence-corrected chi connectivity index (χ3v) is 4.32. The highest BCUT2D eigenvalue weighted by Gasteiger charge is 2.31. The summed E-state index contributed by atoms with van der Waals surface area (Å²) in [4.78, 5) is 12.6. The maximum atomic E-state index is 12.6. The number of rotatable bonds is 3. The van der Waals surface area contributed by atoms with Crippen molar-refractivity contribution in [2.24, 2.45) is 11.3 Å². The standard InChI is InChI=1S/C18H28N2O.ClH/c1-13-8-5-6-10-15(13)16(18(2,3)4)20-17(21)14-9-7-11-19-12-14;/h5-6,8,10,14,16,19H,7,9,11-12H2,1-4H3,(H,20,21);1H. The van der Waals surface area contributed by atoms with Gasteiger partial charge in [-0.1, -0.05) is 45.0 Å². The molecule has 1 aromatic rings. The average molecular weight is 325 g/mol. The monoisotopic (exact) mass is 324 g/mol. The van der Waals surface area contributed by atoms with Crippen LogP contribution in [0.5, 0.6) is 0 Å². The summed E-state index contributed by atoms with van der Waals surface area (Å²) in [5.41, 5.74) is 2.45. The van der Waals surface area contributed by atoms with Crippen LogP contribution < -0.4 is 10.6 Å². The minimum Gasteiger partial charge on any atom is -0.348 e. The molecule has 2 unspecified atom stereocenters. The molecule has 1 amide bonds. The molecular weight excluding hydrogens is 296 g/mol. The van der Waals surface area contributed by atoms with Gasteiger partial charge in [-0.25, -0.2) is 0 Å². The van der Waals surface area contributed by atoms with Gasteiger partial charge in [0.1, 0.15) is 0 Å². The number of hydrogen-bond acceptors (Lipinski definition) is 2. The Morgan fingerprint density at radius 1 is 1.32 bits per heavy atom. The van der Waals surface area contributed by atoms with Crippen molar-refractivity contribution < 1.29 is 4.79 Å². The van der Waals surface area contributed by atoms with Crippen LogP contribution >= 0.6 is 12.4 Å². The van der Waals surface area contributed by atoms with E-state index in [-0.39, 0.29) is 35.7 Å². The van der Waals surface area contributed by atoms with Gasteiger partial charge in [0.2, 0.25) is 5.91 Å². The van der Waals surface area contributed by atoms with Crippen LogP contribution in [0.2, 0.25) is 0 Å². The molecule has 1 saturated heterocycles. The number of halogens is 1. The summed E-state index contributed by atoms with van der Waals surface area (Å²) in [6.45, 7) is 10.5. The lowest BCUT2D eigenvalue weighted by Gasteiger charge is -2.34. The van der Waals surface area contributed by atoms with Crippen LogP contribution in [0.3, 0.4) is 0 Å². The summed E-state index contributed by atoms with van der Waals surface area (Å²) in [6, 6.07) is 8.39. The van der Waals surface area contributed by atoms with Gasteiger partial charge in [-0.3, -0.25) is 4.79 Å². The zero-order valence-corrected chi connectivity index (χ0v) is 14.9. The summed E-state index contributed by atoms with van der Waals surface area (Å²) in [7, 11) is 0. The number of amides is 1. The van der Waals surface area contributed by atoms with Gasteiger partial charge < -0.3 is 10.6 Å². The molecular formula is C18H29ClN2O. The Labute approximate surface area is 140 Å². The topological polar surface area (TPSA) is 41.1 Å². The van der Waals surface area contributed by atoms with Gasteiger partial charge in [-0.2, -0.15) is 0 Å². The zero-order chi connectivity index (χ0) is 15.5. The molecule has 1 aliphatic heterocycles. The van der Waals surface area contributed by atoms with Crippen LogP contribution in [0.4, 0.5) is 0 Å². The number of aryl methyl sites for hydroxylation is 1. The molecule has 1 aliphatic rings. The molecule has 0 aliphatic carbocycles.